The number of fused-ring (bicyclic) bond motifs is 1. The van der Waals surface area contributed by atoms with Crippen LogP contribution in [0, 0.1) is 5.82 Å². The normalized spacial score (nSPS) is 14.9. The maximum absolute atomic E-state index is 14.4. The van der Waals surface area contributed by atoms with Crippen LogP contribution in [0.5, 0.6) is 0 Å². The molecule has 1 saturated carbocycles. The summed E-state index contributed by atoms with van der Waals surface area (Å²) in [6.45, 7) is 5.86. The molecule has 1 aliphatic heterocycles. The van der Waals surface area contributed by atoms with Crippen molar-refractivity contribution in [2.75, 3.05) is 44.6 Å². The molecule has 36 heavy (non-hydrogen) atoms. The van der Waals surface area contributed by atoms with Crippen molar-refractivity contribution >= 4 is 70.6 Å². The summed E-state index contributed by atoms with van der Waals surface area (Å²) in [7, 11) is 0. The highest BCUT2D eigenvalue weighted by molar-refractivity contribution is 7.22. The molecule has 5 N–H and O–H groups in total. The van der Waals surface area contributed by atoms with E-state index in [1.54, 1.807) is 18.2 Å². The minimum atomic E-state index is -1.00. The number of halogens is 4. The molecule has 0 amide bonds. The Hall–Kier alpha value is -1.79. The van der Waals surface area contributed by atoms with Gasteiger partial charge in [0.25, 0.3) is 0 Å². The van der Waals surface area contributed by atoms with E-state index in [1.165, 1.54) is 24.2 Å². The minimum absolute atomic E-state index is 0. The van der Waals surface area contributed by atoms with Crippen LogP contribution in [0.1, 0.15) is 29.6 Å². The van der Waals surface area contributed by atoms with E-state index in [9.17, 15) is 14.3 Å². The van der Waals surface area contributed by atoms with Gasteiger partial charge >= 0.3 is 5.97 Å². The van der Waals surface area contributed by atoms with E-state index in [-0.39, 0.29) is 48.5 Å². The Morgan fingerprint density at radius 2 is 1.94 bits per heavy atom. The number of rotatable bonds is 7. The van der Waals surface area contributed by atoms with Gasteiger partial charge < -0.3 is 26.4 Å². The quantitative estimate of drug-likeness (QED) is 0.306. The highest BCUT2D eigenvalue weighted by Crippen LogP contribution is 2.35. The SMILES string of the molecule is Cl.Cl.Cl.NC1CC1.O=C(O)c1cccc2sc(-c3nc(NCCCN4CCNCC4)ncc3F)cc12. The van der Waals surface area contributed by atoms with Crippen LogP contribution in [0.25, 0.3) is 20.7 Å². The van der Waals surface area contributed by atoms with Gasteiger partial charge in [-0.05, 0) is 44.0 Å². The first-order valence-corrected chi connectivity index (χ1v) is 12.0. The molecule has 13 heteroatoms. The van der Waals surface area contributed by atoms with Crippen molar-refractivity contribution in [1.82, 2.24) is 20.2 Å². The van der Waals surface area contributed by atoms with Gasteiger partial charge in [-0.1, -0.05) is 6.07 Å². The van der Waals surface area contributed by atoms with Gasteiger partial charge in [-0.25, -0.2) is 19.2 Å². The molecule has 1 aliphatic carbocycles. The molecule has 0 unspecified atom stereocenters. The van der Waals surface area contributed by atoms with Crippen molar-refractivity contribution in [3.63, 3.8) is 0 Å². The average Bonchev–Trinajstić information content (AvgIpc) is 3.48. The predicted molar refractivity (Wildman–Crippen MR) is 151 cm³/mol. The topological polar surface area (TPSA) is 116 Å². The van der Waals surface area contributed by atoms with Gasteiger partial charge in [0, 0.05) is 48.9 Å². The number of anilines is 1. The Morgan fingerprint density at radius 1 is 1.25 bits per heavy atom. The molecule has 2 aromatic heterocycles. The fraction of sp³-hybridized carbons (Fsp3) is 0.435. The Morgan fingerprint density at radius 3 is 2.58 bits per heavy atom. The van der Waals surface area contributed by atoms with Crippen LogP contribution < -0.4 is 16.4 Å². The van der Waals surface area contributed by atoms with E-state index in [0.717, 1.165) is 50.0 Å². The first kappa shape index (κ1) is 32.2. The largest absolute Gasteiger partial charge is 0.478 e. The molecule has 5 rings (SSSR count). The van der Waals surface area contributed by atoms with E-state index in [2.05, 4.69) is 25.5 Å². The number of thiophene rings is 1. The van der Waals surface area contributed by atoms with Crippen LogP contribution in [0.15, 0.2) is 30.5 Å². The maximum Gasteiger partial charge on any atom is 0.336 e. The number of benzene rings is 1. The number of aromatic carboxylic acids is 1. The van der Waals surface area contributed by atoms with Gasteiger partial charge in [-0.3, -0.25) is 0 Å². The second-order valence-corrected chi connectivity index (χ2v) is 9.32. The number of nitrogens with one attached hydrogen (secondary N) is 2. The van der Waals surface area contributed by atoms with E-state index in [0.29, 0.717) is 28.8 Å². The van der Waals surface area contributed by atoms with Gasteiger partial charge in [0.05, 0.1) is 16.6 Å². The monoisotopic (exact) mass is 580 g/mol. The first-order chi connectivity index (χ1) is 16.0. The summed E-state index contributed by atoms with van der Waals surface area (Å²) in [6.07, 6.45) is 4.63. The van der Waals surface area contributed by atoms with E-state index >= 15 is 0 Å². The standard InChI is InChI=1S/C20H22FN5O2S.C3H7N.3ClH/c21-15-12-24-20(23-5-2-8-26-9-6-22-7-10-26)25-18(15)17-11-14-13(19(27)28)3-1-4-16(14)29-17;4-3-1-2-3;;;/h1,3-4,11-12,22H,2,5-10H2,(H,27,28)(H,23,24,25);3H,1-2,4H2;3*1H. The molecule has 2 fully saturated rings. The van der Waals surface area contributed by atoms with E-state index < -0.39 is 11.8 Å². The molecule has 200 valence electrons. The molecule has 0 bridgehead atoms. The molecular weight excluding hydrogens is 550 g/mol. The molecule has 1 saturated heterocycles. The Bertz CT molecular complexity index is 1110. The summed E-state index contributed by atoms with van der Waals surface area (Å²) < 4.78 is 15.2. The second kappa shape index (κ2) is 15.5. The lowest BCUT2D eigenvalue weighted by Crippen LogP contribution is -2.44. The Kier molecular flexibility index (Phi) is 13.8. The summed E-state index contributed by atoms with van der Waals surface area (Å²) in [6, 6.07) is 7.32. The van der Waals surface area contributed by atoms with Gasteiger partial charge in [-0.15, -0.1) is 48.6 Å². The van der Waals surface area contributed by atoms with Gasteiger partial charge in [0.1, 0.15) is 5.69 Å². The highest BCUT2D eigenvalue weighted by Gasteiger charge is 2.16. The lowest BCUT2D eigenvalue weighted by molar-refractivity contribution is 0.0699. The summed E-state index contributed by atoms with van der Waals surface area (Å²) in [5.74, 6) is -1.16. The molecule has 0 spiro atoms. The zero-order valence-electron chi connectivity index (χ0n) is 19.6. The molecule has 0 atom stereocenters. The third-order valence-corrected chi connectivity index (χ3v) is 6.64. The number of hydrogen-bond acceptors (Lipinski definition) is 8. The van der Waals surface area contributed by atoms with Crippen molar-refractivity contribution in [3.05, 3.63) is 41.8 Å². The molecule has 3 aromatic rings. The van der Waals surface area contributed by atoms with Crippen molar-refractivity contribution in [1.29, 1.82) is 0 Å². The molecule has 0 radical (unpaired) electrons. The maximum atomic E-state index is 14.4. The van der Waals surface area contributed by atoms with Crippen LogP contribution in [-0.4, -0.2) is 71.3 Å². The van der Waals surface area contributed by atoms with Crippen LogP contribution in [-0.2, 0) is 0 Å². The zero-order chi connectivity index (χ0) is 23.2. The first-order valence-electron chi connectivity index (χ1n) is 11.2. The molecular formula is C23H32Cl3FN6O2S. The smallest absolute Gasteiger partial charge is 0.336 e. The van der Waals surface area contributed by atoms with Crippen molar-refractivity contribution in [3.8, 4) is 10.6 Å². The number of hydrogen-bond donors (Lipinski definition) is 4. The van der Waals surface area contributed by atoms with Gasteiger partial charge in [0.15, 0.2) is 5.82 Å². The van der Waals surface area contributed by atoms with Crippen molar-refractivity contribution < 1.29 is 14.3 Å². The fourth-order valence-corrected chi connectivity index (χ4v) is 4.60. The minimum Gasteiger partial charge on any atom is -0.478 e. The Balaban J connectivity index is 0.000000845. The summed E-state index contributed by atoms with van der Waals surface area (Å²) in [5.41, 5.74) is 5.60. The average molecular weight is 582 g/mol. The molecule has 2 aliphatic rings. The van der Waals surface area contributed by atoms with Crippen LogP contribution >= 0.6 is 48.6 Å². The number of aromatic nitrogens is 2. The summed E-state index contributed by atoms with van der Waals surface area (Å²) in [4.78, 5) is 22.8. The highest BCUT2D eigenvalue weighted by atomic mass is 35.5. The Labute approximate surface area is 232 Å². The number of carboxylic acid groups (broad SMARTS) is 1. The summed E-state index contributed by atoms with van der Waals surface area (Å²) >= 11 is 1.32. The van der Waals surface area contributed by atoms with Crippen molar-refractivity contribution in [2.24, 2.45) is 5.73 Å². The third kappa shape index (κ3) is 8.95. The number of nitrogens with zero attached hydrogens (tertiary/aromatic N) is 3. The zero-order valence-corrected chi connectivity index (χ0v) is 22.9. The lowest BCUT2D eigenvalue weighted by atomic mass is 10.1. The summed E-state index contributed by atoms with van der Waals surface area (Å²) in [5, 5.41) is 16.4. The van der Waals surface area contributed by atoms with Crippen molar-refractivity contribution in [2.45, 2.75) is 25.3 Å². The molecule has 3 heterocycles. The number of carbonyl (C=O) groups is 1. The lowest BCUT2D eigenvalue weighted by Gasteiger charge is -2.27. The van der Waals surface area contributed by atoms with E-state index in [1.807, 2.05) is 6.07 Å². The predicted octanol–water partition coefficient (Wildman–Crippen LogP) is 4.28. The van der Waals surface area contributed by atoms with Gasteiger partial charge in [-0.2, -0.15) is 0 Å². The van der Waals surface area contributed by atoms with Crippen LogP contribution in [0.3, 0.4) is 0 Å². The third-order valence-electron chi connectivity index (χ3n) is 5.54. The van der Waals surface area contributed by atoms with Crippen LogP contribution in [0.2, 0.25) is 0 Å². The number of piperazine rings is 1. The van der Waals surface area contributed by atoms with Crippen LogP contribution in [0.4, 0.5) is 10.3 Å². The number of nitrogens with two attached hydrogens (primary N) is 1. The fourth-order valence-electron chi connectivity index (χ4n) is 3.52. The molecule has 1 aromatic carbocycles. The number of carboxylic acids is 1. The van der Waals surface area contributed by atoms with E-state index in [4.69, 9.17) is 5.73 Å². The molecule has 8 nitrogen and oxygen atoms in total. The van der Waals surface area contributed by atoms with Gasteiger partial charge in [0.2, 0.25) is 5.95 Å². The second-order valence-electron chi connectivity index (χ2n) is 8.23.